The number of aromatic nitrogens is 1. The third-order valence-corrected chi connectivity index (χ3v) is 5.71. The third-order valence-electron chi connectivity index (χ3n) is 5.71. The Balaban J connectivity index is 1.86. The van der Waals surface area contributed by atoms with Crippen molar-refractivity contribution in [3.63, 3.8) is 0 Å². The topological polar surface area (TPSA) is 43.1 Å². The quantitative estimate of drug-likeness (QED) is 0.237. The summed E-state index contributed by atoms with van der Waals surface area (Å²) in [6.07, 6.45) is 0. The molecule has 2 aromatic heterocycles. The van der Waals surface area contributed by atoms with Gasteiger partial charge in [-0.3, -0.25) is 0 Å². The average molecular weight is 399 g/mol. The predicted octanol–water partition coefficient (Wildman–Crippen LogP) is 6.83. The summed E-state index contributed by atoms with van der Waals surface area (Å²) in [5, 5.41) is 3.47. The number of hydrogen-bond donors (Lipinski definition) is 0. The van der Waals surface area contributed by atoms with Crippen LogP contribution in [0.2, 0.25) is 0 Å². The molecule has 3 nitrogen and oxygen atoms in total. The minimum atomic E-state index is -0.372. The van der Waals surface area contributed by atoms with Crippen LogP contribution in [-0.4, -0.2) is 4.98 Å². The first kappa shape index (κ1) is 17.6. The standard InChI is InChI=1S/C28H17NO2/c30-28-26-22(18-9-3-1-4-10-18)17-23(20-12-5-2-6-13-20)29-27(26)25-21-14-8-7-11-19(21)15-16-24(25)31-28/h1-17H. The Kier molecular flexibility index (Phi) is 3.93. The van der Waals surface area contributed by atoms with E-state index in [1.807, 2.05) is 91.0 Å². The lowest BCUT2D eigenvalue weighted by molar-refractivity contribution is 0.570. The van der Waals surface area contributed by atoms with Crippen LogP contribution in [0.4, 0.5) is 0 Å². The first-order chi connectivity index (χ1) is 15.3. The Labute approximate surface area is 178 Å². The maximum Gasteiger partial charge on any atom is 0.346 e. The summed E-state index contributed by atoms with van der Waals surface area (Å²) < 4.78 is 5.80. The van der Waals surface area contributed by atoms with Crippen molar-refractivity contribution in [1.82, 2.24) is 4.98 Å². The van der Waals surface area contributed by atoms with Crippen LogP contribution >= 0.6 is 0 Å². The van der Waals surface area contributed by atoms with Crippen LogP contribution in [0.5, 0.6) is 0 Å². The van der Waals surface area contributed by atoms with Crippen LogP contribution < -0.4 is 5.63 Å². The first-order valence-electron chi connectivity index (χ1n) is 10.2. The lowest BCUT2D eigenvalue weighted by atomic mass is 9.96. The molecule has 0 bridgehead atoms. The second-order valence-electron chi connectivity index (χ2n) is 7.56. The Bertz CT molecular complexity index is 1640. The molecule has 146 valence electrons. The molecule has 0 fully saturated rings. The van der Waals surface area contributed by atoms with Gasteiger partial charge in [0.15, 0.2) is 0 Å². The Morgan fingerprint density at radius 3 is 2.10 bits per heavy atom. The van der Waals surface area contributed by atoms with Gasteiger partial charge >= 0.3 is 5.63 Å². The van der Waals surface area contributed by atoms with Crippen LogP contribution in [0.3, 0.4) is 0 Å². The second kappa shape index (κ2) is 6.92. The molecule has 0 amide bonds. The van der Waals surface area contributed by atoms with E-state index in [0.717, 1.165) is 38.5 Å². The first-order valence-corrected chi connectivity index (χ1v) is 10.2. The zero-order chi connectivity index (χ0) is 20.8. The van der Waals surface area contributed by atoms with E-state index < -0.39 is 0 Å². The highest BCUT2D eigenvalue weighted by molar-refractivity contribution is 6.19. The highest BCUT2D eigenvalue weighted by atomic mass is 16.4. The molecule has 0 N–H and O–H groups in total. The summed E-state index contributed by atoms with van der Waals surface area (Å²) in [5.74, 6) is 0. The molecule has 0 saturated carbocycles. The highest BCUT2D eigenvalue weighted by Crippen LogP contribution is 2.36. The number of pyridine rings is 1. The molecule has 3 heteroatoms. The van der Waals surface area contributed by atoms with Crippen LogP contribution in [0.15, 0.2) is 112 Å². The van der Waals surface area contributed by atoms with E-state index in [2.05, 4.69) is 12.1 Å². The lowest BCUT2D eigenvalue weighted by Crippen LogP contribution is -2.04. The Hall–Kier alpha value is -4.24. The molecule has 0 unspecified atom stereocenters. The molecule has 0 aliphatic rings. The summed E-state index contributed by atoms with van der Waals surface area (Å²) in [6.45, 7) is 0. The molecule has 2 heterocycles. The van der Waals surface area contributed by atoms with Crippen molar-refractivity contribution in [1.29, 1.82) is 0 Å². The fourth-order valence-corrected chi connectivity index (χ4v) is 4.27. The zero-order valence-corrected chi connectivity index (χ0v) is 16.6. The van der Waals surface area contributed by atoms with Crippen LogP contribution in [0, 0.1) is 0 Å². The smallest absolute Gasteiger partial charge is 0.346 e. The van der Waals surface area contributed by atoms with Crippen molar-refractivity contribution in [2.24, 2.45) is 0 Å². The van der Waals surface area contributed by atoms with Crippen molar-refractivity contribution in [2.75, 3.05) is 0 Å². The molecule has 6 rings (SSSR count). The molecule has 0 saturated heterocycles. The number of nitrogens with zero attached hydrogens (tertiary/aromatic N) is 1. The minimum absolute atomic E-state index is 0.372. The van der Waals surface area contributed by atoms with Crippen molar-refractivity contribution >= 4 is 32.6 Å². The fourth-order valence-electron chi connectivity index (χ4n) is 4.27. The van der Waals surface area contributed by atoms with Gasteiger partial charge in [-0.25, -0.2) is 9.78 Å². The van der Waals surface area contributed by atoms with Gasteiger partial charge in [-0.15, -0.1) is 0 Å². The van der Waals surface area contributed by atoms with Gasteiger partial charge in [0.1, 0.15) is 5.58 Å². The van der Waals surface area contributed by atoms with Gasteiger partial charge in [0.25, 0.3) is 0 Å². The number of hydrogen-bond acceptors (Lipinski definition) is 3. The van der Waals surface area contributed by atoms with E-state index in [1.54, 1.807) is 0 Å². The maximum absolute atomic E-state index is 13.2. The third kappa shape index (κ3) is 2.82. The van der Waals surface area contributed by atoms with E-state index in [-0.39, 0.29) is 5.63 Å². The normalized spacial score (nSPS) is 11.4. The summed E-state index contributed by atoms with van der Waals surface area (Å²) in [4.78, 5) is 18.2. The average Bonchev–Trinajstić information content (AvgIpc) is 2.84. The molecule has 6 aromatic rings. The lowest BCUT2D eigenvalue weighted by Gasteiger charge is -2.12. The van der Waals surface area contributed by atoms with Crippen LogP contribution in [0.25, 0.3) is 55.0 Å². The van der Waals surface area contributed by atoms with E-state index in [4.69, 9.17) is 9.40 Å². The van der Waals surface area contributed by atoms with E-state index in [9.17, 15) is 4.79 Å². The zero-order valence-electron chi connectivity index (χ0n) is 16.6. The monoisotopic (exact) mass is 399 g/mol. The van der Waals surface area contributed by atoms with Gasteiger partial charge in [-0.2, -0.15) is 0 Å². The minimum Gasteiger partial charge on any atom is -0.422 e. The SMILES string of the molecule is O=c1oc2ccc3ccccc3c2c2nc(-c3ccccc3)cc(-c3ccccc3)c12. The van der Waals surface area contributed by atoms with Crippen LogP contribution in [-0.2, 0) is 0 Å². The maximum atomic E-state index is 13.2. The van der Waals surface area contributed by atoms with Gasteiger partial charge in [0.2, 0.25) is 0 Å². The summed E-state index contributed by atoms with van der Waals surface area (Å²) in [6, 6.07) is 33.9. The number of fused-ring (bicyclic) bond motifs is 5. The molecular weight excluding hydrogens is 382 g/mol. The molecule has 4 aromatic carbocycles. The largest absolute Gasteiger partial charge is 0.422 e. The number of rotatable bonds is 2. The molecule has 0 aliphatic carbocycles. The van der Waals surface area contributed by atoms with Gasteiger partial charge in [0, 0.05) is 11.1 Å². The van der Waals surface area contributed by atoms with E-state index in [1.165, 1.54) is 0 Å². The Morgan fingerprint density at radius 2 is 1.32 bits per heavy atom. The second-order valence-corrected chi connectivity index (χ2v) is 7.56. The van der Waals surface area contributed by atoms with Gasteiger partial charge in [-0.05, 0) is 28.5 Å². The summed E-state index contributed by atoms with van der Waals surface area (Å²) >= 11 is 0. The van der Waals surface area contributed by atoms with Crippen molar-refractivity contribution in [3.8, 4) is 22.4 Å². The van der Waals surface area contributed by atoms with Crippen molar-refractivity contribution < 1.29 is 4.42 Å². The molecule has 0 radical (unpaired) electrons. The van der Waals surface area contributed by atoms with E-state index >= 15 is 0 Å². The summed E-state index contributed by atoms with van der Waals surface area (Å²) in [5.41, 5.74) is 4.46. The number of benzene rings is 4. The van der Waals surface area contributed by atoms with Crippen LogP contribution in [0.1, 0.15) is 0 Å². The highest BCUT2D eigenvalue weighted by Gasteiger charge is 2.18. The summed E-state index contributed by atoms with van der Waals surface area (Å²) in [7, 11) is 0. The molecular formula is C28H17NO2. The van der Waals surface area contributed by atoms with E-state index in [0.29, 0.717) is 16.5 Å². The van der Waals surface area contributed by atoms with Crippen molar-refractivity contribution in [2.45, 2.75) is 0 Å². The van der Waals surface area contributed by atoms with Gasteiger partial charge in [0.05, 0.1) is 22.0 Å². The molecule has 0 aliphatic heterocycles. The molecule has 0 atom stereocenters. The van der Waals surface area contributed by atoms with Gasteiger partial charge < -0.3 is 4.42 Å². The predicted molar refractivity (Wildman–Crippen MR) is 126 cm³/mol. The Morgan fingerprint density at radius 1 is 0.645 bits per heavy atom. The van der Waals surface area contributed by atoms with Gasteiger partial charge in [-0.1, -0.05) is 91.0 Å². The molecule has 0 spiro atoms. The molecule has 31 heavy (non-hydrogen) atoms. The van der Waals surface area contributed by atoms with Crippen molar-refractivity contribution in [3.05, 3.63) is 114 Å². The fraction of sp³-hybridized carbons (Fsp3) is 0.